The average molecular weight is 406 g/mol. The quantitative estimate of drug-likeness (QED) is 0.475. The van der Waals surface area contributed by atoms with Crippen LogP contribution in [0.3, 0.4) is 0 Å². The Hall–Kier alpha value is -1.47. The number of halogens is 3. The normalized spacial score (nSPS) is 12.5. The van der Waals surface area contributed by atoms with Crippen LogP contribution in [0.4, 0.5) is 13.2 Å². The third-order valence-corrected chi connectivity index (χ3v) is 5.41. The standard InChI is InChI=1S/C20H22F3O3P.Li.H/c1-13(2)25-16-10-11-18(17(12-16)26-14(3)4)27(20(21,22)23)19(24)15-8-6-5-7-9-15;;/h5-14H,1-4H3;;. The molecule has 28 heavy (non-hydrogen) atoms. The predicted molar refractivity (Wildman–Crippen MR) is 109 cm³/mol. The molecule has 0 amide bonds. The van der Waals surface area contributed by atoms with Gasteiger partial charge in [0.25, 0.3) is 0 Å². The summed E-state index contributed by atoms with van der Waals surface area (Å²) in [7, 11) is -3.14. The maximum atomic E-state index is 13.9. The van der Waals surface area contributed by atoms with Crippen LogP contribution in [0, 0.1) is 0 Å². The van der Waals surface area contributed by atoms with Gasteiger partial charge in [-0.25, -0.2) is 0 Å². The van der Waals surface area contributed by atoms with E-state index in [1.807, 2.05) is 13.8 Å². The molecule has 8 heteroatoms. The summed E-state index contributed by atoms with van der Waals surface area (Å²) >= 11 is 0. The Morgan fingerprint density at radius 2 is 1.50 bits per heavy atom. The molecule has 0 saturated carbocycles. The second-order valence-corrected chi connectivity index (χ2v) is 8.50. The van der Waals surface area contributed by atoms with Gasteiger partial charge >= 0.3 is 24.8 Å². The van der Waals surface area contributed by atoms with E-state index in [-0.39, 0.29) is 47.7 Å². The zero-order chi connectivity index (χ0) is 20.2. The first-order chi connectivity index (χ1) is 12.6. The summed E-state index contributed by atoms with van der Waals surface area (Å²) in [5.74, 6) is -4.28. The van der Waals surface area contributed by atoms with Crippen molar-refractivity contribution < 1.29 is 27.4 Å². The van der Waals surface area contributed by atoms with Crippen molar-refractivity contribution in [3.8, 4) is 11.5 Å². The van der Waals surface area contributed by atoms with Gasteiger partial charge in [0.15, 0.2) is 5.52 Å². The van der Waals surface area contributed by atoms with E-state index in [1.54, 1.807) is 32.0 Å². The van der Waals surface area contributed by atoms with Crippen LogP contribution >= 0.6 is 7.92 Å². The summed E-state index contributed by atoms with van der Waals surface area (Å²) in [6.07, 6.45) is -0.493. The van der Waals surface area contributed by atoms with Gasteiger partial charge in [0.1, 0.15) is 19.4 Å². The van der Waals surface area contributed by atoms with Crippen LogP contribution in [0.5, 0.6) is 11.5 Å². The molecule has 2 aromatic rings. The topological polar surface area (TPSA) is 35.5 Å². The van der Waals surface area contributed by atoms with Gasteiger partial charge < -0.3 is 9.47 Å². The van der Waals surface area contributed by atoms with Crippen molar-refractivity contribution in [3.05, 3.63) is 54.1 Å². The number of carbonyl (C=O) groups excluding carboxylic acids is 1. The van der Waals surface area contributed by atoms with Crippen LogP contribution in [0.2, 0.25) is 0 Å². The van der Waals surface area contributed by atoms with E-state index >= 15 is 0 Å². The molecule has 0 aliphatic carbocycles. The molecule has 0 N–H and O–H groups in total. The maximum absolute atomic E-state index is 13.9. The van der Waals surface area contributed by atoms with E-state index < -0.39 is 19.4 Å². The van der Waals surface area contributed by atoms with Gasteiger partial charge in [-0.05, 0) is 39.8 Å². The van der Waals surface area contributed by atoms with Gasteiger partial charge in [-0.2, -0.15) is 13.2 Å². The van der Waals surface area contributed by atoms with Gasteiger partial charge in [-0.1, -0.05) is 30.3 Å². The molecule has 0 aliphatic rings. The zero-order valence-electron chi connectivity index (χ0n) is 15.6. The molecular weight excluding hydrogens is 383 g/mol. The Labute approximate surface area is 176 Å². The van der Waals surface area contributed by atoms with Gasteiger partial charge in [-0.3, -0.25) is 4.79 Å². The van der Waals surface area contributed by atoms with Crippen molar-refractivity contribution in [2.24, 2.45) is 0 Å². The molecule has 0 aliphatic heterocycles. The monoisotopic (exact) mass is 406 g/mol. The molecule has 1 atom stereocenters. The first kappa shape index (κ1) is 24.6. The molecule has 0 heterocycles. The number of hydrogen-bond acceptors (Lipinski definition) is 3. The summed E-state index contributed by atoms with van der Waals surface area (Å²) < 4.78 is 52.8. The molecule has 0 radical (unpaired) electrons. The van der Waals surface area contributed by atoms with Crippen LogP contribution in [0.15, 0.2) is 48.5 Å². The van der Waals surface area contributed by atoms with E-state index in [0.29, 0.717) is 5.75 Å². The summed E-state index contributed by atoms with van der Waals surface area (Å²) in [6.45, 7) is 7.07. The number of carbonyl (C=O) groups is 1. The van der Waals surface area contributed by atoms with Crippen LogP contribution in [0.25, 0.3) is 0 Å². The number of hydrogen-bond donors (Lipinski definition) is 0. The molecular formula is C20H23F3LiO3P. The van der Waals surface area contributed by atoms with Gasteiger partial charge in [0.05, 0.1) is 12.2 Å². The fraction of sp³-hybridized carbons (Fsp3) is 0.350. The Morgan fingerprint density at radius 1 is 0.929 bits per heavy atom. The molecule has 0 saturated heterocycles. The van der Waals surface area contributed by atoms with Crippen molar-refractivity contribution in [2.75, 3.05) is 0 Å². The molecule has 1 unspecified atom stereocenters. The van der Waals surface area contributed by atoms with E-state index in [1.165, 1.54) is 30.3 Å². The molecule has 0 aromatic heterocycles. The van der Waals surface area contributed by atoms with Crippen molar-refractivity contribution in [1.82, 2.24) is 0 Å². The number of alkyl halides is 3. The molecule has 0 fully saturated rings. The fourth-order valence-corrected chi connectivity index (χ4v) is 4.13. The van der Waals surface area contributed by atoms with Crippen molar-refractivity contribution in [3.63, 3.8) is 0 Å². The van der Waals surface area contributed by atoms with E-state index in [0.717, 1.165) is 0 Å². The molecule has 0 bridgehead atoms. The minimum absolute atomic E-state index is 0. The third kappa shape index (κ3) is 6.55. The van der Waals surface area contributed by atoms with Gasteiger partial charge in [0, 0.05) is 16.9 Å². The summed E-state index contributed by atoms with van der Waals surface area (Å²) in [5.41, 5.74) is -0.928. The number of rotatable bonds is 7. The van der Waals surface area contributed by atoms with Gasteiger partial charge in [0.2, 0.25) is 0 Å². The molecule has 2 rings (SSSR count). The van der Waals surface area contributed by atoms with Crippen LogP contribution in [0.1, 0.15) is 38.1 Å². The summed E-state index contributed by atoms with van der Waals surface area (Å²) in [4.78, 5) is 12.7. The van der Waals surface area contributed by atoms with Crippen LogP contribution in [-0.4, -0.2) is 42.5 Å². The van der Waals surface area contributed by atoms with Crippen LogP contribution in [-0.2, 0) is 0 Å². The van der Waals surface area contributed by atoms with E-state index in [9.17, 15) is 18.0 Å². The van der Waals surface area contributed by atoms with Crippen LogP contribution < -0.4 is 14.8 Å². The number of benzene rings is 2. The van der Waals surface area contributed by atoms with E-state index in [2.05, 4.69) is 0 Å². The van der Waals surface area contributed by atoms with E-state index in [4.69, 9.17) is 9.47 Å². The SMILES string of the molecule is CC(C)Oc1ccc(P(C(=O)c2ccccc2)C(F)(F)F)c(OC(C)C)c1.[LiH]. The second-order valence-electron chi connectivity index (χ2n) is 6.44. The predicted octanol–water partition coefficient (Wildman–Crippen LogP) is 5.08. The molecule has 0 spiro atoms. The fourth-order valence-electron chi connectivity index (χ4n) is 2.44. The Bertz CT molecular complexity index is 780. The van der Waals surface area contributed by atoms with Crippen molar-refractivity contribution in [1.29, 1.82) is 0 Å². The van der Waals surface area contributed by atoms with Crippen molar-refractivity contribution in [2.45, 2.75) is 45.8 Å². The first-order valence-corrected chi connectivity index (χ1v) is 9.87. The molecule has 3 nitrogen and oxygen atoms in total. The Kier molecular flexibility index (Phi) is 9.08. The van der Waals surface area contributed by atoms with Crippen molar-refractivity contribution >= 4 is 37.6 Å². The Morgan fingerprint density at radius 3 is 2.00 bits per heavy atom. The zero-order valence-corrected chi connectivity index (χ0v) is 16.5. The second kappa shape index (κ2) is 10.3. The first-order valence-electron chi connectivity index (χ1n) is 8.53. The average Bonchev–Trinajstić information content (AvgIpc) is 2.55. The summed E-state index contributed by atoms with van der Waals surface area (Å²) in [6, 6.07) is 11.7. The molecule has 2 aromatic carbocycles. The third-order valence-electron chi connectivity index (χ3n) is 3.38. The summed E-state index contributed by atoms with van der Waals surface area (Å²) in [5, 5.41) is -0.156. The van der Waals surface area contributed by atoms with Gasteiger partial charge in [-0.15, -0.1) is 0 Å². The Balaban J connectivity index is 0.00000392. The number of ether oxygens (including phenoxy) is 2. The minimum atomic E-state index is -4.70. The molecule has 148 valence electrons.